The zero-order valence-corrected chi connectivity index (χ0v) is 26.8. The van der Waals surface area contributed by atoms with Crippen LogP contribution in [-0.4, -0.2) is 19.5 Å². The van der Waals surface area contributed by atoms with Gasteiger partial charge in [-0.1, -0.05) is 48.5 Å². The maximum absolute atomic E-state index is 5.32. The van der Waals surface area contributed by atoms with Gasteiger partial charge in [0.05, 0.1) is 22.8 Å². The highest BCUT2D eigenvalue weighted by Crippen LogP contribution is 2.38. The number of rotatable bonds is 8. The Morgan fingerprint density at radius 1 is 0.610 bits per heavy atom. The molecule has 0 aliphatic carbocycles. The molecule has 0 spiro atoms. The van der Waals surface area contributed by atoms with Gasteiger partial charge in [0.1, 0.15) is 0 Å². The van der Waals surface area contributed by atoms with E-state index < -0.39 is 0 Å². The third-order valence-corrected chi connectivity index (χ3v) is 9.31. The maximum atomic E-state index is 5.32. The fourth-order valence-electron chi connectivity index (χ4n) is 7.42. The van der Waals surface area contributed by atoms with Crippen molar-refractivity contribution in [2.75, 3.05) is 0 Å². The lowest BCUT2D eigenvalue weighted by Gasteiger charge is -2.09. The van der Waals surface area contributed by atoms with Gasteiger partial charge in [-0.3, -0.25) is 0 Å². The van der Waals surface area contributed by atoms with E-state index in [2.05, 4.69) is 96.1 Å². The number of hydrogen-bond donors (Lipinski definition) is 1. The minimum absolute atomic E-state index is 0.928. The number of fused-ring (bicyclic) bond motifs is 8. The molecular weight excluding hydrogens is 500 g/mol. The SMILES string of the molecule is CCC1=C(C)c2cc3nc(cc4c(CC)c(CC)c(c(CC)c5[nH]c(c(CC)c1n2)c(CC)c5CC)n4CC)C=C3. The fraction of sp³-hybridized carbons (Fsp3) is 0.459. The summed E-state index contributed by atoms with van der Waals surface area (Å²) in [6.07, 6.45) is 11.2. The monoisotopic (exact) mass is 548 g/mol. The van der Waals surface area contributed by atoms with Crippen molar-refractivity contribution in [2.45, 2.75) is 114 Å². The van der Waals surface area contributed by atoms with Crippen LogP contribution in [-0.2, 0) is 45.1 Å². The molecule has 0 saturated carbocycles. The Morgan fingerprint density at radius 2 is 1.17 bits per heavy atom. The van der Waals surface area contributed by atoms with Crippen LogP contribution in [0.1, 0.15) is 125 Å². The number of aryl methyl sites for hydroxylation is 7. The molecule has 216 valence electrons. The molecule has 5 heterocycles. The zero-order chi connectivity index (χ0) is 29.4. The van der Waals surface area contributed by atoms with Gasteiger partial charge >= 0.3 is 0 Å². The first-order chi connectivity index (χ1) is 19.9. The largest absolute Gasteiger partial charge is 0.354 e. The minimum atomic E-state index is 0.928. The lowest BCUT2D eigenvalue weighted by Crippen LogP contribution is -1.99. The number of nitrogens with zero attached hydrogens (tertiary/aromatic N) is 3. The highest BCUT2D eigenvalue weighted by molar-refractivity contribution is 5.94. The molecule has 1 N–H and O–H groups in total. The van der Waals surface area contributed by atoms with Crippen LogP contribution >= 0.6 is 0 Å². The second-order valence-electron chi connectivity index (χ2n) is 11.2. The van der Waals surface area contributed by atoms with Gasteiger partial charge in [-0.2, -0.15) is 0 Å². The molecule has 0 saturated heterocycles. The molecular formula is C37H48N4. The van der Waals surface area contributed by atoms with Gasteiger partial charge < -0.3 is 9.55 Å². The van der Waals surface area contributed by atoms with Crippen molar-refractivity contribution in [1.82, 2.24) is 19.5 Å². The van der Waals surface area contributed by atoms with Crippen LogP contribution in [0.3, 0.4) is 0 Å². The molecule has 3 aromatic heterocycles. The second kappa shape index (κ2) is 11.8. The number of aromatic nitrogens is 4. The lowest BCUT2D eigenvalue weighted by atomic mass is 9.96. The Labute approximate surface area is 246 Å². The summed E-state index contributed by atoms with van der Waals surface area (Å²) in [5.41, 5.74) is 20.8. The van der Waals surface area contributed by atoms with E-state index in [1.807, 2.05) is 0 Å². The summed E-state index contributed by atoms with van der Waals surface area (Å²) in [5.74, 6) is 0. The molecule has 2 aliphatic rings. The molecule has 0 unspecified atom stereocenters. The fourth-order valence-corrected chi connectivity index (χ4v) is 7.42. The van der Waals surface area contributed by atoms with Crippen molar-refractivity contribution < 1.29 is 0 Å². The highest BCUT2D eigenvalue weighted by Gasteiger charge is 2.23. The van der Waals surface area contributed by atoms with E-state index in [0.717, 1.165) is 74.3 Å². The van der Waals surface area contributed by atoms with Crippen LogP contribution in [0.4, 0.5) is 0 Å². The third-order valence-electron chi connectivity index (χ3n) is 9.31. The standard InChI is InChI=1S/C37H48N4/c1-10-25-22(9)32-20-23-18-19-24(38-23)21-33-26(11-2)29(14-5)37(41(33)17-8)31(16-7)36-28(13-4)27(12-3)35(40-36)30(15-6)34(25)39-32/h18-21,40H,10-17H2,1-9H3. The van der Waals surface area contributed by atoms with Crippen molar-refractivity contribution in [1.29, 1.82) is 0 Å². The molecule has 2 aliphatic heterocycles. The quantitative estimate of drug-likeness (QED) is 0.238. The van der Waals surface area contributed by atoms with Crippen molar-refractivity contribution in [3.63, 3.8) is 0 Å². The Kier molecular flexibility index (Phi) is 8.40. The Morgan fingerprint density at radius 3 is 1.71 bits per heavy atom. The lowest BCUT2D eigenvalue weighted by molar-refractivity contribution is 0.816. The van der Waals surface area contributed by atoms with Crippen LogP contribution in [0.25, 0.3) is 45.4 Å². The Balaban J connectivity index is 2.16. The molecule has 41 heavy (non-hydrogen) atoms. The van der Waals surface area contributed by atoms with Crippen molar-refractivity contribution in [3.05, 3.63) is 68.3 Å². The molecule has 0 radical (unpaired) electrons. The van der Waals surface area contributed by atoms with E-state index in [1.54, 1.807) is 0 Å². The van der Waals surface area contributed by atoms with E-state index in [4.69, 9.17) is 9.97 Å². The van der Waals surface area contributed by atoms with Crippen LogP contribution < -0.4 is 0 Å². The molecule has 3 aromatic rings. The highest BCUT2D eigenvalue weighted by atomic mass is 15.0. The number of aromatic amines is 1. The van der Waals surface area contributed by atoms with Gasteiger partial charge in [-0.15, -0.1) is 0 Å². The van der Waals surface area contributed by atoms with Gasteiger partial charge in [-0.25, -0.2) is 9.97 Å². The van der Waals surface area contributed by atoms with E-state index in [9.17, 15) is 0 Å². The molecule has 0 amide bonds. The molecule has 4 heteroatoms. The molecule has 0 fully saturated rings. The predicted octanol–water partition coefficient (Wildman–Crippen LogP) is 9.69. The van der Waals surface area contributed by atoms with Crippen molar-refractivity contribution in [3.8, 4) is 0 Å². The minimum Gasteiger partial charge on any atom is -0.354 e. The first-order valence-corrected chi connectivity index (χ1v) is 16.1. The van der Waals surface area contributed by atoms with E-state index in [0.29, 0.717) is 0 Å². The smallest absolute Gasteiger partial charge is 0.0725 e. The van der Waals surface area contributed by atoms with Crippen LogP contribution in [0.5, 0.6) is 0 Å². The summed E-state index contributed by atoms with van der Waals surface area (Å²) in [4.78, 5) is 14.5. The van der Waals surface area contributed by atoms with Crippen LogP contribution in [0.15, 0.2) is 12.1 Å². The van der Waals surface area contributed by atoms with Gasteiger partial charge in [-0.05, 0) is 122 Å². The van der Waals surface area contributed by atoms with Gasteiger partial charge in [0.25, 0.3) is 0 Å². The summed E-state index contributed by atoms with van der Waals surface area (Å²) in [6.45, 7) is 21.6. The van der Waals surface area contributed by atoms with E-state index in [-0.39, 0.29) is 0 Å². The summed E-state index contributed by atoms with van der Waals surface area (Å²) in [7, 11) is 0. The zero-order valence-electron chi connectivity index (χ0n) is 26.8. The average molecular weight is 549 g/mol. The van der Waals surface area contributed by atoms with Crippen molar-refractivity contribution >= 4 is 45.4 Å². The van der Waals surface area contributed by atoms with E-state index in [1.165, 1.54) is 66.6 Å². The topological polar surface area (TPSA) is 46.5 Å². The number of allylic oxidation sites excluding steroid dienone is 2. The molecule has 0 atom stereocenters. The second-order valence-corrected chi connectivity index (χ2v) is 11.2. The van der Waals surface area contributed by atoms with Crippen LogP contribution in [0.2, 0.25) is 0 Å². The normalized spacial score (nSPS) is 13.1. The summed E-state index contributed by atoms with van der Waals surface area (Å²) < 4.78 is 2.57. The van der Waals surface area contributed by atoms with Crippen molar-refractivity contribution in [2.24, 2.45) is 0 Å². The molecule has 8 bridgehead atoms. The van der Waals surface area contributed by atoms with Gasteiger partial charge in [0.15, 0.2) is 0 Å². The first kappa shape index (κ1) is 29.1. The Hall–Kier alpha value is -3.40. The molecule has 4 nitrogen and oxygen atoms in total. The number of H-pyrrole nitrogens is 1. The molecule has 5 rings (SSSR count). The van der Waals surface area contributed by atoms with Gasteiger partial charge in [0, 0.05) is 34.2 Å². The Bertz CT molecular complexity index is 1720. The first-order valence-electron chi connectivity index (χ1n) is 16.1. The maximum Gasteiger partial charge on any atom is 0.0725 e. The van der Waals surface area contributed by atoms with Crippen LogP contribution in [0, 0.1) is 0 Å². The van der Waals surface area contributed by atoms with E-state index >= 15 is 0 Å². The van der Waals surface area contributed by atoms with Gasteiger partial charge in [0.2, 0.25) is 0 Å². The summed E-state index contributed by atoms with van der Waals surface area (Å²) >= 11 is 0. The number of hydrogen-bond acceptors (Lipinski definition) is 2. The number of nitrogens with one attached hydrogen (secondary N) is 1. The third kappa shape index (κ3) is 4.60. The predicted molar refractivity (Wildman–Crippen MR) is 178 cm³/mol. The average Bonchev–Trinajstić information content (AvgIpc) is 3.72. The summed E-state index contributed by atoms with van der Waals surface area (Å²) in [6, 6.07) is 4.50. The molecule has 0 aromatic carbocycles. The summed E-state index contributed by atoms with van der Waals surface area (Å²) in [5, 5.41) is 0.